The first kappa shape index (κ1) is 22.2. The number of nitrogens with one attached hydrogen (secondary N) is 1. The molecule has 0 spiro atoms. The number of benzene rings is 2. The van der Waals surface area contributed by atoms with Crippen molar-refractivity contribution in [2.24, 2.45) is 4.99 Å². The Morgan fingerprint density at radius 3 is 2.28 bits per heavy atom. The summed E-state index contributed by atoms with van der Waals surface area (Å²) >= 11 is 0. The minimum atomic E-state index is -3.47. The minimum Gasteiger partial charge on any atom is -0.295 e. The van der Waals surface area contributed by atoms with Crippen LogP contribution in [0.3, 0.4) is 0 Å². The van der Waals surface area contributed by atoms with Crippen molar-refractivity contribution in [1.82, 2.24) is 14.1 Å². The van der Waals surface area contributed by atoms with Gasteiger partial charge in [-0.3, -0.25) is 14.9 Å². The van der Waals surface area contributed by atoms with Gasteiger partial charge in [-0.15, -0.1) is 0 Å². The van der Waals surface area contributed by atoms with E-state index in [1.165, 1.54) is 10.9 Å². The van der Waals surface area contributed by atoms with Gasteiger partial charge in [0, 0.05) is 25.0 Å². The van der Waals surface area contributed by atoms with Crippen LogP contribution >= 0.6 is 0 Å². The van der Waals surface area contributed by atoms with Crippen LogP contribution in [0.25, 0.3) is 5.69 Å². The van der Waals surface area contributed by atoms with Gasteiger partial charge in [0.05, 0.1) is 21.8 Å². The molecule has 1 N–H and O–H groups in total. The summed E-state index contributed by atoms with van der Waals surface area (Å²) in [6.45, 7) is 7.01. The highest BCUT2D eigenvalue weighted by atomic mass is 32.2. The molecule has 0 aliphatic carbocycles. The van der Waals surface area contributed by atoms with Gasteiger partial charge >= 0.3 is 0 Å². The van der Waals surface area contributed by atoms with E-state index in [4.69, 9.17) is 0 Å². The molecule has 0 bridgehead atoms. The molecule has 4 rings (SSSR count). The maximum absolute atomic E-state index is 12.9. The predicted octanol–water partition coefficient (Wildman–Crippen LogP) is 4.02. The largest absolute Gasteiger partial charge is 0.295 e. The molecule has 3 aromatic rings. The van der Waals surface area contributed by atoms with Crippen LogP contribution in [0.2, 0.25) is 0 Å². The zero-order chi connectivity index (χ0) is 22.9. The Kier molecular flexibility index (Phi) is 6.17. The van der Waals surface area contributed by atoms with Crippen LogP contribution in [-0.4, -0.2) is 41.8 Å². The Labute approximate surface area is 188 Å². The number of aromatic amines is 1. The lowest BCUT2D eigenvalue weighted by Gasteiger charge is -2.25. The van der Waals surface area contributed by atoms with Gasteiger partial charge in [-0.05, 0) is 81.1 Å². The third-order valence-electron chi connectivity index (χ3n) is 6.00. The first-order valence-electron chi connectivity index (χ1n) is 10.8. The number of rotatable bonds is 5. The highest BCUT2D eigenvalue weighted by Gasteiger charge is 2.25. The van der Waals surface area contributed by atoms with Crippen LogP contribution in [0.4, 0.5) is 5.69 Å². The van der Waals surface area contributed by atoms with Crippen LogP contribution in [0, 0.1) is 20.8 Å². The number of aryl methyl sites for hydroxylation is 3. The molecule has 2 heterocycles. The molecular weight excluding hydrogens is 424 g/mol. The molecule has 32 heavy (non-hydrogen) atoms. The van der Waals surface area contributed by atoms with Crippen molar-refractivity contribution in [3.8, 4) is 5.69 Å². The number of piperidine rings is 1. The zero-order valence-corrected chi connectivity index (χ0v) is 19.4. The molecule has 0 unspecified atom stereocenters. The maximum atomic E-state index is 12.9. The average molecular weight is 453 g/mol. The third-order valence-corrected chi connectivity index (χ3v) is 7.91. The number of aliphatic imine (C=N–C) groups is 1. The Morgan fingerprint density at radius 1 is 0.938 bits per heavy atom. The van der Waals surface area contributed by atoms with E-state index in [0.29, 0.717) is 30.0 Å². The van der Waals surface area contributed by atoms with Crippen LogP contribution in [0.1, 0.15) is 41.6 Å². The van der Waals surface area contributed by atoms with Gasteiger partial charge in [0.1, 0.15) is 0 Å². The highest BCUT2D eigenvalue weighted by molar-refractivity contribution is 7.89. The van der Waals surface area contributed by atoms with Crippen LogP contribution < -0.4 is 5.56 Å². The van der Waals surface area contributed by atoms with Crippen molar-refractivity contribution in [1.29, 1.82) is 0 Å². The molecule has 2 aromatic carbocycles. The van der Waals surface area contributed by atoms with E-state index in [0.717, 1.165) is 36.1 Å². The average Bonchev–Trinajstić information content (AvgIpc) is 3.08. The Bertz CT molecular complexity index is 1310. The molecule has 8 heteroatoms. The molecule has 0 saturated carbocycles. The van der Waals surface area contributed by atoms with Crippen LogP contribution in [-0.2, 0) is 10.0 Å². The lowest BCUT2D eigenvalue weighted by molar-refractivity contribution is 0.346. The lowest BCUT2D eigenvalue weighted by atomic mass is 10.1. The van der Waals surface area contributed by atoms with Crippen molar-refractivity contribution in [3.05, 3.63) is 75.2 Å². The standard InChI is InChI=1S/C24H28N4O3S/c1-17-7-10-21(15-18(17)2)28-24(29)23(19(3)26-28)16-25-20-8-11-22(12-9-20)32(30,31)27-13-5-4-6-14-27/h7-12,15-16,26H,4-6,13-14H2,1-3H3. The Morgan fingerprint density at radius 2 is 1.62 bits per heavy atom. The normalized spacial score (nSPS) is 15.5. The number of aromatic nitrogens is 2. The molecule has 1 aliphatic heterocycles. The fraction of sp³-hybridized carbons (Fsp3) is 0.333. The van der Waals surface area contributed by atoms with E-state index in [9.17, 15) is 13.2 Å². The summed E-state index contributed by atoms with van der Waals surface area (Å²) in [7, 11) is -3.47. The summed E-state index contributed by atoms with van der Waals surface area (Å²) in [6, 6.07) is 12.3. The van der Waals surface area contributed by atoms with Crippen LogP contribution in [0.5, 0.6) is 0 Å². The lowest BCUT2D eigenvalue weighted by Crippen LogP contribution is -2.35. The number of hydrogen-bond acceptors (Lipinski definition) is 4. The van der Waals surface area contributed by atoms with Gasteiger partial charge in [0.2, 0.25) is 10.0 Å². The molecule has 1 fully saturated rings. The second-order valence-electron chi connectivity index (χ2n) is 8.28. The molecule has 1 saturated heterocycles. The van der Waals surface area contributed by atoms with Gasteiger partial charge in [-0.2, -0.15) is 4.31 Å². The monoisotopic (exact) mass is 452 g/mol. The number of hydrogen-bond donors (Lipinski definition) is 1. The molecule has 168 valence electrons. The van der Waals surface area contributed by atoms with Gasteiger partial charge in [0.25, 0.3) is 5.56 Å². The summed E-state index contributed by atoms with van der Waals surface area (Å²) in [6.07, 6.45) is 4.40. The van der Waals surface area contributed by atoms with Crippen molar-refractivity contribution in [3.63, 3.8) is 0 Å². The van der Waals surface area contributed by atoms with Gasteiger partial charge in [0.15, 0.2) is 0 Å². The Balaban J connectivity index is 1.57. The third kappa shape index (κ3) is 4.33. The Hall–Kier alpha value is -2.97. The van der Waals surface area contributed by atoms with Gasteiger partial charge in [-0.1, -0.05) is 12.5 Å². The summed E-state index contributed by atoms with van der Waals surface area (Å²) in [4.78, 5) is 17.6. The SMILES string of the molecule is Cc1ccc(-n2[nH]c(C)c(C=Nc3ccc(S(=O)(=O)N4CCCCC4)cc3)c2=O)cc1C. The minimum absolute atomic E-state index is 0.182. The summed E-state index contributed by atoms with van der Waals surface area (Å²) < 4.78 is 28.6. The predicted molar refractivity (Wildman–Crippen MR) is 127 cm³/mol. The zero-order valence-electron chi connectivity index (χ0n) is 18.6. The highest BCUT2D eigenvalue weighted by Crippen LogP contribution is 2.23. The molecule has 0 amide bonds. The summed E-state index contributed by atoms with van der Waals surface area (Å²) in [5.74, 6) is 0. The molecule has 1 aromatic heterocycles. The number of nitrogens with zero attached hydrogens (tertiary/aromatic N) is 3. The summed E-state index contributed by atoms with van der Waals surface area (Å²) in [5.41, 5.74) is 4.62. The van der Waals surface area contributed by atoms with Crippen molar-refractivity contribution in [2.75, 3.05) is 13.1 Å². The van der Waals surface area contributed by atoms with Gasteiger partial charge < -0.3 is 0 Å². The van der Waals surface area contributed by atoms with E-state index in [1.54, 1.807) is 28.6 Å². The van der Waals surface area contributed by atoms with E-state index >= 15 is 0 Å². The molecule has 0 radical (unpaired) electrons. The fourth-order valence-corrected chi connectivity index (χ4v) is 5.37. The molecule has 1 aliphatic rings. The number of sulfonamides is 1. The topological polar surface area (TPSA) is 87.5 Å². The quantitative estimate of drug-likeness (QED) is 0.593. The van der Waals surface area contributed by atoms with Crippen LogP contribution in [0.15, 0.2) is 57.1 Å². The fourth-order valence-electron chi connectivity index (χ4n) is 3.86. The smallest absolute Gasteiger partial charge is 0.280 e. The second kappa shape index (κ2) is 8.88. The maximum Gasteiger partial charge on any atom is 0.280 e. The number of H-pyrrole nitrogens is 1. The first-order valence-corrected chi connectivity index (χ1v) is 12.2. The van der Waals surface area contributed by atoms with E-state index < -0.39 is 10.0 Å². The van der Waals surface area contributed by atoms with Crippen molar-refractivity contribution < 1.29 is 8.42 Å². The van der Waals surface area contributed by atoms with Crippen molar-refractivity contribution >= 4 is 21.9 Å². The summed E-state index contributed by atoms with van der Waals surface area (Å²) in [5, 5.41) is 3.11. The van der Waals surface area contributed by atoms with Gasteiger partial charge in [-0.25, -0.2) is 13.1 Å². The van der Waals surface area contributed by atoms with Crippen molar-refractivity contribution in [2.45, 2.75) is 44.9 Å². The van der Waals surface area contributed by atoms with E-state index in [2.05, 4.69) is 10.1 Å². The van der Waals surface area contributed by atoms with E-state index in [-0.39, 0.29) is 10.5 Å². The molecule has 7 nitrogen and oxygen atoms in total. The second-order valence-corrected chi connectivity index (χ2v) is 10.2. The van der Waals surface area contributed by atoms with E-state index in [1.807, 2.05) is 39.0 Å². The molecule has 0 atom stereocenters. The molecular formula is C24H28N4O3S. The first-order chi connectivity index (χ1) is 15.3.